The number of nitrogens with two attached hydrogens (primary N) is 1. The van der Waals surface area contributed by atoms with Crippen molar-refractivity contribution >= 4 is 0 Å². The molecule has 0 aromatic heterocycles. The Morgan fingerprint density at radius 1 is 1.13 bits per heavy atom. The molecule has 0 spiro atoms. The molecule has 1 heterocycles. The maximum absolute atomic E-state index is 5.83. The summed E-state index contributed by atoms with van der Waals surface area (Å²) in [6.07, 6.45) is -0.125. The number of nitrogens with one attached hydrogen (secondary N) is 4. The summed E-state index contributed by atoms with van der Waals surface area (Å²) in [5.41, 5.74) is 7.00. The van der Waals surface area contributed by atoms with Gasteiger partial charge in [-0.25, -0.2) is 0 Å². The highest BCUT2D eigenvalue weighted by Crippen LogP contribution is 2.11. The smallest absolute Gasteiger partial charge is 0.115 e. The van der Waals surface area contributed by atoms with Crippen LogP contribution in [0.3, 0.4) is 0 Å². The van der Waals surface area contributed by atoms with Crippen LogP contribution in [0, 0.1) is 0 Å². The molecular weight excluding hydrogens is 190 g/mol. The highest BCUT2D eigenvalue weighted by Gasteiger charge is 2.23. The summed E-state index contributed by atoms with van der Waals surface area (Å²) in [5, 5.41) is 12.8. The summed E-state index contributed by atoms with van der Waals surface area (Å²) < 4.78 is 0. The van der Waals surface area contributed by atoms with E-state index in [9.17, 15) is 0 Å². The number of hydrogen-bond donors (Lipinski definition) is 5. The van der Waals surface area contributed by atoms with Gasteiger partial charge in [0.05, 0.1) is 6.17 Å². The van der Waals surface area contributed by atoms with Crippen LogP contribution in [0.5, 0.6) is 0 Å². The second kappa shape index (κ2) is 4.69. The van der Waals surface area contributed by atoms with Crippen LogP contribution in [-0.4, -0.2) is 19.6 Å². The standard InChI is InChI=1S/C10H17N5/c1-12-10-14-8(13-9(11)15-10)7-5-3-2-4-6-7/h2-6,8-10,12-15H,11H2,1H3. The second-order valence-electron chi connectivity index (χ2n) is 3.54. The van der Waals surface area contributed by atoms with Crippen molar-refractivity contribution in [2.24, 2.45) is 5.73 Å². The Balaban J connectivity index is 2.09. The Morgan fingerprint density at radius 2 is 1.87 bits per heavy atom. The Morgan fingerprint density at radius 3 is 2.53 bits per heavy atom. The minimum Gasteiger partial charge on any atom is -0.303 e. The van der Waals surface area contributed by atoms with Gasteiger partial charge in [0.2, 0.25) is 0 Å². The zero-order valence-corrected chi connectivity index (χ0v) is 8.70. The van der Waals surface area contributed by atoms with E-state index in [0.717, 1.165) is 0 Å². The summed E-state index contributed by atoms with van der Waals surface area (Å²) >= 11 is 0. The molecular formula is C10H17N5. The Labute approximate surface area is 89.4 Å². The summed E-state index contributed by atoms with van der Waals surface area (Å²) in [4.78, 5) is 0. The quantitative estimate of drug-likeness (QED) is 0.440. The summed E-state index contributed by atoms with van der Waals surface area (Å²) in [7, 11) is 1.88. The van der Waals surface area contributed by atoms with Crippen LogP contribution >= 0.6 is 0 Å². The molecule has 3 unspecified atom stereocenters. The van der Waals surface area contributed by atoms with E-state index in [0.29, 0.717) is 0 Å². The van der Waals surface area contributed by atoms with Crippen molar-refractivity contribution in [3.8, 4) is 0 Å². The molecule has 3 atom stereocenters. The first-order valence-corrected chi connectivity index (χ1v) is 5.05. The maximum Gasteiger partial charge on any atom is 0.115 e. The molecule has 1 fully saturated rings. The van der Waals surface area contributed by atoms with Gasteiger partial charge >= 0.3 is 0 Å². The lowest BCUT2D eigenvalue weighted by Gasteiger charge is -2.37. The van der Waals surface area contributed by atoms with Crippen molar-refractivity contribution < 1.29 is 0 Å². The molecule has 5 heteroatoms. The number of rotatable bonds is 2. The number of benzene rings is 1. The third-order valence-electron chi connectivity index (χ3n) is 2.45. The molecule has 82 valence electrons. The van der Waals surface area contributed by atoms with Crippen LogP contribution in [0.2, 0.25) is 0 Å². The lowest BCUT2D eigenvalue weighted by atomic mass is 10.1. The first-order valence-electron chi connectivity index (χ1n) is 5.05. The van der Waals surface area contributed by atoms with Crippen LogP contribution in [0.1, 0.15) is 11.7 Å². The van der Waals surface area contributed by atoms with E-state index in [4.69, 9.17) is 5.73 Å². The highest BCUT2D eigenvalue weighted by molar-refractivity contribution is 5.19. The van der Waals surface area contributed by atoms with Crippen LogP contribution in [-0.2, 0) is 0 Å². The molecule has 1 aromatic rings. The molecule has 1 aliphatic rings. The zero-order chi connectivity index (χ0) is 10.7. The van der Waals surface area contributed by atoms with Crippen LogP contribution in [0.25, 0.3) is 0 Å². The predicted molar refractivity (Wildman–Crippen MR) is 59.4 cm³/mol. The molecule has 5 nitrogen and oxygen atoms in total. The molecule has 6 N–H and O–H groups in total. The first kappa shape index (κ1) is 10.5. The molecule has 1 aromatic carbocycles. The number of hydrogen-bond acceptors (Lipinski definition) is 5. The van der Waals surface area contributed by atoms with E-state index in [-0.39, 0.29) is 18.7 Å². The van der Waals surface area contributed by atoms with E-state index in [2.05, 4.69) is 33.4 Å². The van der Waals surface area contributed by atoms with Crippen LogP contribution in [0.15, 0.2) is 30.3 Å². The molecule has 0 aliphatic carbocycles. The van der Waals surface area contributed by atoms with E-state index in [1.54, 1.807) is 0 Å². The van der Waals surface area contributed by atoms with Crippen LogP contribution < -0.4 is 27.0 Å². The molecule has 0 amide bonds. The Kier molecular flexibility index (Phi) is 3.30. The van der Waals surface area contributed by atoms with E-state index >= 15 is 0 Å². The average Bonchev–Trinajstić information content (AvgIpc) is 2.29. The van der Waals surface area contributed by atoms with Gasteiger partial charge in [0.1, 0.15) is 12.6 Å². The monoisotopic (exact) mass is 207 g/mol. The van der Waals surface area contributed by atoms with Crippen molar-refractivity contribution in [2.45, 2.75) is 18.7 Å². The van der Waals surface area contributed by atoms with Gasteiger partial charge in [-0.1, -0.05) is 30.3 Å². The Bertz CT molecular complexity index is 302. The maximum atomic E-state index is 5.83. The highest BCUT2D eigenvalue weighted by atomic mass is 15.5. The average molecular weight is 207 g/mol. The summed E-state index contributed by atoms with van der Waals surface area (Å²) in [6, 6.07) is 10.2. The third-order valence-corrected chi connectivity index (χ3v) is 2.45. The third kappa shape index (κ3) is 2.53. The van der Waals surface area contributed by atoms with Gasteiger partial charge in [0, 0.05) is 0 Å². The molecule has 2 rings (SSSR count). The van der Waals surface area contributed by atoms with Crippen molar-refractivity contribution in [2.75, 3.05) is 7.05 Å². The lowest BCUT2D eigenvalue weighted by Crippen LogP contribution is -2.70. The van der Waals surface area contributed by atoms with Gasteiger partial charge in [-0.2, -0.15) is 0 Å². The second-order valence-corrected chi connectivity index (χ2v) is 3.54. The predicted octanol–water partition coefficient (Wildman–Crippen LogP) is -0.787. The van der Waals surface area contributed by atoms with E-state index in [1.807, 2.05) is 25.2 Å². The van der Waals surface area contributed by atoms with Gasteiger partial charge in [0.15, 0.2) is 0 Å². The van der Waals surface area contributed by atoms with Crippen molar-refractivity contribution in [1.29, 1.82) is 0 Å². The molecule has 1 aliphatic heterocycles. The summed E-state index contributed by atoms with van der Waals surface area (Å²) in [5.74, 6) is 0. The molecule has 1 saturated heterocycles. The SMILES string of the molecule is CNC1NC(N)NC(c2ccccc2)N1. The van der Waals surface area contributed by atoms with Gasteiger partial charge in [-0.3, -0.25) is 21.3 Å². The van der Waals surface area contributed by atoms with E-state index in [1.165, 1.54) is 5.56 Å². The fourth-order valence-electron chi connectivity index (χ4n) is 1.67. The molecule has 0 radical (unpaired) electrons. The van der Waals surface area contributed by atoms with Gasteiger partial charge in [0.25, 0.3) is 0 Å². The molecule has 15 heavy (non-hydrogen) atoms. The first-order chi connectivity index (χ1) is 7.29. The topological polar surface area (TPSA) is 74.1 Å². The zero-order valence-electron chi connectivity index (χ0n) is 8.70. The lowest BCUT2D eigenvalue weighted by molar-refractivity contribution is 0.185. The molecule has 0 saturated carbocycles. The summed E-state index contributed by atoms with van der Waals surface area (Å²) in [6.45, 7) is 0. The van der Waals surface area contributed by atoms with Gasteiger partial charge in [-0.15, -0.1) is 0 Å². The normalized spacial score (nSPS) is 31.5. The largest absolute Gasteiger partial charge is 0.303 e. The minimum atomic E-state index is -0.214. The van der Waals surface area contributed by atoms with Crippen molar-refractivity contribution in [1.82, 2.24) is 21.3 Å². The van der Waals surface area contributed by atoms with Gasteiger partial charge < -0.3 is 5.73 Å². The fourth-order valence-corrected chi connectivity index (χ4v) is 1.67. The minimum absolute atomic E-state index is 0.0199. The Hall–Kier alpha value is -0.980. The van der Waals surface area contributed by atoms with E-state index < -0.39 is 0 Å². The molecule has 0 bridgehead atoms. The van der Waals surface area contributed by atoms with Gasteiger partial charge in [-0.05, 0) is 12.6 Å². The van der Waals surface area contributed by atoms with Crippen molar-refractivity contribution in [3.05, 3.63) is 35.9 Å². The van der Waals surface area contributed by atoms with Crippen LogP contribution in [0.4, 0.5) is 0 Å². The fraction of sp³-hybridized carbons (Fsp3) is 0.400. The van der Waals surface area contributed by atoms with Crippen molar-refractivity contribution in [3.63, 3.8) is 0 Å².